The zero-order valence-corrected chi connectivity index (χ0v) is 8.17. The molecule has 0 atom stereocenters. The predicted octanol–water partition coefficient (Wildman–Crippen LogP) is 1.54. The van der Waals surface area contributed by atoms with Crippen molar-refractivity contribution < 1.29 is 14.3 Å². The molecule has 1 aromatic carbocycles. The Kier molecular flexibility index (Phi) is 3.29. The lowest BCUT2D eigenvalue weighted by atomic mass is 10.1. The maximum absolute atomic E-state index is 13.2. The molecule has 0 aliphatic rings. The van der Waals surface area contributed by atoms with E-state index in [1.54, 1.807) is 6.92 Å². The summed E-state index contributed by atoms with van der Waals surface area (Å²) in [6.07, 6.45) is -0.312. The molecular weight excluding hydrogens is 197 g/mol. The third kappa shape index (κ3) is 2.99. The number of halogens is 1. The zero-order valence-electron chi connectivity index (χ0n) is 8.17. The molecule has 0 amide bonds. The smallest absolute Gasteiger partial charge is 0.315 e. The van der Waals surface area contributed by atoms with E-state index in [0.29, 0.717) is 11.3 Å². The standard InChI is InChI=1S/C11H10FNO2/c1-7-5-9(12)8(6-10(7)13)3-2-4-11(14)15/h5-6H,4,13H2,1H3,(H,14,15). The summed E-state index contributed by atoms with van der Waals surface area (Å²) in [4.78, 5) is 10.2. The minimum Gasteiger partial charge on any atom is -0.481 e. The Balaban J connectivity index is 2.98. The minimum atomic E-state index is -1.04. The van der Waals surface area contributed by atoms with E-state index in [9.17, 15) is 9.18 Å². The van der Waals surface area contributed by atoms with Gasteiger partial charge in [0.25, 0.3) is 0 Å². The molecule has 4 heteroatoms. The summed E-state index contributed by atoms with van der Waals surface area (Å²) in [5.74, 6) is 3.24. The Morgan fingerprint density at radius 2 is 2.27 bits per heavy atom. The van der Waals surface area contributed by atoms with E-state index < -0.39 is 11.8 Å². The maximum atomic E-state index is 13.2. The minimum absolute atomic E-state index is 0.124. The van der Waals surface area contributed by atoms with Crippen molar-refractivity contribution in [2.75, 3.05) is 5.73 Å². The van der Waals surface area contributed by atoms with Crippen LogP contribution in [0.2, 0.25) is 0 Å². The van der Waals surface area contributed by atoms with Crippen molar-refractivity contribution in [3.05, 3.63) is 29.1 Å². The molecule has 15 heavy (non-hydrogen) atoms. The third-order valence-corrected chi connectivity index (χ3v) is 1.82. The van der Waals surface area contributed by atoms with Crippen molar-refractivity contribution in [2.45, 2.75) is 13.3 Å². The van der Waals surface area contributed by atoms with Crippen molar-refractivity contribution >= 4 is 11.7 Å². The van der Waals surface area contributed by atoms with Gasteiger partial charge in [0.2, 0.25) is 0 Å². The average Bonchev–Trinajstić information content (AvgIpc) is 2.13. The molecule has 3 nitrogen and oxygen atoms in total. The quantitative estimate of drug-likeness (QED) is 0.542. The number of carbonyl (C=O) groups is 1. The summed E-state index contributed by atoms with van der Waals surface area (Å²) < 4.78 is 13.2. The van der Waals surface area contributed by atoms with Crippen molar-refractivity contribution in [3.63, 3.8) is 0 Å². The second-order valence-electron chi connectivity index (χ2n) is 3.06. The van der Waals surface area contributed by atoms with Gasteiger partial charge in [-0.3, -0.25) is 4.79 Å². The fraction of sp³-hybridized carbons (Fsp3) is 0.182. The summed E-state index contributed by atoms with van der Waals surface area (Å²) in [5, 5.41) is 8.34. The van der Waals surface area contributed by atoms with Crippen LogP contribution in [-0.2, 0) is 4.79 Å². The molecule has 0 fully saturated rings. The van der Waals surface area contributed by atoms with Gasteiger partial charge in [0.15, 0.2) is 0 Å². The van der Waals surface area contributed by atoms with E-state index in [4.69, 9.17) is 10.8 Å². The van der Waals surface area contributed by atoms with Crippen LogP contribution in [0, 0.1) is 24.6 Å². The van der Waals surface area contributed by atoms with E-state index >= 15 is 0 Å². The van der Waals surface area contributed by atoms with Crippen molar-refractivity contribution in [1.82, 2.24) is 0 Å². The van der Waals surface area contributed by atoms with E-state index in [1.165, 1.54) is 12.1 Å². The van der Waals surface area contributed by atoms with Crippen LogP contribution < -0.4 is 5.73 Å². The first-order valence-corrected chi connectivity index (χ1v) is 4.27. The fourth-order valence-electron chi connectivity index (χ4n) is 1.00. The van der Waals surface area contributed by atoms with Crippen molar-refractivity contribution in [1.29, 1.82) is 0 Å². The van der Waals surface area contributed by atoms with Gasteiger partial charge >= 0.3 is 5.97 Å². The molecule has 3 N–H and O–H groups in total. The van der Waals surface area contributed by atoms with Crippen molar-refractivity contribution in [2.24, 2.45) is 0 Å². The molecule has 0 spiro atoms. The molecule has 0 aliphatic heterocycles. The summed E-state index contributed by atoms with van der Waals surface area (Å²) in [5.41, 5.74) is 6.77. The third-order valence-electron chi connectivity index (χ3n) is 1.82. The van der Waals surface area contributed by atoms with Gasteiger partial charge in [-0.05, 0) is 24.6 Å². The zero-order chi connectivity index (χ0) is 11.4. The molecule has 1 rings (SSSR count). The van der Waals surface area contributed by atoms with Crippen LogP contribution in [0.1, 0.15) is 17.5 Å². The number of hydrogen-bond donors (Lipinski definition) is 2. The number of aryl methyl sites for hydroxylation is 1. The number of carboxylic acid groups (broad SMARTS) is 1. The number of nitrogens with two attached hydrogens (primary N) is 1. The van der Waals surface area contributed by atoms with Gasteiger partial charge in [0, 0.05) is 5.69 Å². The lowest BCUT2D eigenvalue weighted by molar-refractivity contribution is -0.135. The highest BCUT2D eigenvalue weighted by atomic mass is 19.1. The summed E-state index contributed by atoms with van der Waals surface area (Å²) in [6.45, 7) is 1.69. The van der Waals surface area contributed by atoms with Crippen LogP contribution in [0.25, 0.3) is 0 Å². The Morgan fingerprint density at radius 1 is 1.60 bits per heavy atom. The number of carboxylic acids is 1. The first-order chi connectivity index (χ1) is 7.00. The summed E-state index contributed by atoms with van der Waals surface area (Å²) >= 11 is 0. The topological polar surface area (TPSA) is 63.3 Å². The van der Waals surface area contributed by atoms with Gasteiger partial charge in [-0.1, -0.05) is 11.8 Å². The number of hydrogen-bond acceptors (Lipinski definition) is 2. The highest BCUT2D eigenvalue weighted by Gasteiger charge is 2.02. The largest absolute Gasteiger partial charge is 0.481 e. The Labute approximate surface area is 86.7 Å². The van der Waals surface area contributed by atoms with E-state index in [2.05, 4.69) is 11.8 Å². The molecule has 0 aromatic heterocycles. The maximum Gasteiger partial charge on any atom is 0.315 e. The van der Waals surface area contributed by atoms with Gasteiger partial charge < -0.3 is 10.8 Å². The van der Waals surface area contributed by atoms with Crippen LogP contribution >= 0.6 is 0 Å². The second-order valence-corrected chi connectivity index (χ2v) is 3.06. The number of aliphatic carboxylic acids is 1. The lowest BCUT2D eigenvalue weighted by Crippen LogP contribution is -1.94. The van der Waals surface area contributed by atoms with Gasteiger partial charge in [0.1, 0.15) is 12.2 Å². The van der Waals surface area contributed by atoms with Crippen LogP contribution in [0.15, 0.2) is 12.1 Å². The van der Waals surface area contributed by atoms with E-state index in [1.807, 2.05) is 0 Å². The number of benzene rings is 1. The SMILES string of the molecule is Cc1cc(F)c(C#CCC(=O)O)cc1N. The number of rotatable bonds is 1. The highest BCUT2D eigenvalue weighted by Crippen LogP contribution is 2.16. The Morgan fingerprint density at radius 3 is 2.87 bits per heavy atom. The monoisotopic (exact) mass is 207 g/mol. The van der Waals surface area contributed by atoms with Gasteiger partial charge in [-0.2, -0.15) is 0 Å². The first kappa shape index (κ1) is 11.1. The summed E-state index contributed by atoms with van der Waals surface area (Å²) in [7, 11) is 0. The average molecular weight is 207 g/mol. The Bertz CT molecular complexity index is 458. The first-order valence-electron chi connectivity index (χ1n) is 4.27. The van der Waals surface area contributed by atoms with Gasteiger partial charge in [-0.15, -0.1) is 0 Å². The van der Waals surface area contributed by atoms with E-state index in [0.717, 1.165) is 0 Å². The Hall–Kier alpha value is -2.02. The van der Waals surface area contributed by atoms with Gasteiger partial charge in [0.05, 0.1) is 5.56 Å². The molecule has 0 aliphatic carbocycles. The lowest BCUT2D eigenvalue weighted by Gasteiger charge is -2.01. The number of nitrogen functional groups attached to an aromatic ring is 1. The van der Waals surface area contributed by atoms with Crippen LogP contribution in [0.4, 0.5) is 10.1 Å². The molecular formula is C11H10FNO2. The second kappa shape index (κ2) is 4.47. The predicted molar refractivity (Wildman–Crippen MR) is 54.7 cm³/mol. The van der Waals surface area contributed by atoms with Gasteiger partial charge in [-0.25, -0.2) is 4.39 Å². The molecule has 78 valence electrons. The normalized spacial score (nSPS) is 9.20. The van der Waals surface area contributed by atoms with Crippen LogP contribution in [-0.4, -0.2) is 11.1 Å². The van der Waals surface area contributed by atoms with Crippen LogP contribution in [0.3, 0.4) is 0 Å². The number of anilines is 1. The molecule has 0 bridgehead atoms. The van der Waals surface area contributed by atoms with Crippen molar-refractivity contribution in [3.8, 4) is 11.8 Å². The molecule has 0 radical (unpaired) electrons. The highest BCUT2D eigenvalue weighted by molar-refractivity contribution is 5.70. The molecule has 0 saturated heterocycles. The molecule has 0 unspecified atom stereocenters. The molecule has 0 heterocycles. The molecule has 0 saturated carbocycles. The van der Waals surface area contributed by atoms with E-state index in [-0.39, 0.29) is 12.0 Å². The molecule has 1 aromatic rings. The summed E-state index contributed by atoms with van der Waals surface area (Å²) in [6, 6.07) is 2.68. The fourth-order valence-corrected chi connectivity index (χ4v) is 1.00. The van der Waals surface area contributed by atoms with Crippen LogP contribution in [0.5, 0.6) is 0 Å².